The summed E-state index contributed by atoms with van der Waals surface area (Å²) < 4.78 is 8.23. The zero-order valence-corrected chi connectivity index (χ0v) is 21.6. The first-order valence-electron chi connectivity index (χ1n) is 12.9. The number of rotatable bonds is 6. The molecule has 0 spiro atoms. The molecule has 2 aliphatic rings. The van der Waals surface area contributed by atoms with Crippen molar-refractivity contribution in [2.24, 2.45) is 5.92 Å². The van der Waals surface area contributed by atoms with Crippen molar-refractivity contribution in [3.05, 3.63) is 89.5 Å². The summed E-state index contributed by atoms with van der Waals surface area (Å²) in [5, 5.41) is 4.63. The highest BCUT2D eigenvalue weighted by Gasteiger charge is 2.41. The summed E-state index contributed by atoms with van der Waals surface area (Å²) in [5.41, 5.74) is 5.34. The number of carbonyl (C=O) groups excluding carboxylic acids is 2. The Balaban J connectivity index is 1.53. The molecule has 1 N–H and O–H groups in total. The van der Waals surface area contributed by atoms with Crippen LogP contribution < -0.4 is 10.1 Å². The fourth-order valence-corrected chi connectivity index (χ4v) is 5.40. The second-order valence-electron chi connectivity index (χ2n) is 10.2. The first kappa shape index (κ1) is 23.9. The molecular formula is C30H29N5O3. The van der Waals surface area contributed by atoms with E-state index in [1.807, 2.05) is 36.4 Å². The van der Waals surface area contributed by atoms with E-state index in [4.69, 9.17) is 4.74 Å². The summed E-state index contributed by atoms with van der Waals surface area (Å²) in [6.45, 7) is 6.97. The van der Waals surface area contributed by atoms with Crippen LogP contribution in [0.2, 0.25) is 0 Å². The zero-order chi connectivity index (χ0) is 26.4. The number of aryl methyl sites for hydroxylation is 1. The second kappa shape index (κ2) is 9.45. The van der Waals surface area contributed by atoms with Gasteiger partial charge in [-0.1, -0.05) is 32.0 Å². The molecule has 8 nitrogen and oxygen atoms in total. The molecular weight excluding hydrogens is 478 g/mol. The summed E-state index contributed by atoms with van der Waals surface area (Å²) in [6, 6.07) is 15.9. The number of carbonyl (C=O) groups is 2. The van der Waals surface area contributed by atoms with Crippen molar-refractivity contribution in [3.8, 4) is 11.8 Å². The fourth-order valence-electron chi connectivity index (χ4n) is 5.40. The largest absolute Gasteiger partial charge is 0.424 e. The number of benzene rings is 2. The molecule has 0 saturated heterocycles. The SMILES string of the molecule is CC(=O)N1CC2=C(C1=O)[C@@H](c1cccc(Oc3ncccn3)c1)c1cn(CCC(C)C)c3cccc(c13)N2. The van der Waals surface area contributed by atoms with Crippen molar-refractivity contribution in [2.45, 2.75) is 39.7 Å². The molecule has 38 heavy (non-hydrogen) atoms. The number of hydrogen-bond acceptors (Lipinski definition) is 6. The van der Waals surface area contributed by atoms with Gasteiger partial charge in [-0.25, -0.2) is 9.97 Å². The monoisotopic (exact) mass is 507 g/mol. The molecule has 0 saturated carbocycles. The van der Waals surface area contributed by atoms with Gasteiger partial charge in [-0.3, -0.25) is 14.5 Å². The van der Waals surface area contributed by atoms with Crippen LogP contribution in [0.1, 0.15) is 44.2 Å². The topological polar surface area (TPSA) is 89.3 Å². The number of ether oxygens (including phenoxy) is 1. The highest BCUT2D eigenvalue weighted by Crippen LogP contribution is 2.47. The number of amides is 2. The smallest absolute Gasteiger partial charge is 0.321 e. The van der Waals surface area contributed by atoms with Crippen LogP contribution in [0.5, 0.6) is 11.8 Å². The predicted molar refractivity (Wildman–Crippen MR) is 145 cm³/mol. The molecule has 0 fully saturated rings. The van der Waals surface area contributed by atoms with Crippen LogP contribution in [-0.2, 0) is 16.1 Å². The molecule has 2 amide bonds. The van der Waals surface area contributed by atoms with E-state index in [9.17, 15) is 9.59 Å². The van der Waals surface area contributed by atoms with Crippen LogP contribution in [0.4, 0.5) is 5.69 Å². The minimum absolute atomic E-state index is 0.224. The van der Waals surface area contributed by atoms with Gasteiger partial charge in [-0.15, -0.1) is 0 Å². The average molecular weight is 508 g/mol. The zero-order valence-electron chi connectivity index (χ0n) is 21.6. The van der Waals surface area contributed by atoms with Gasteiger partial charge in [0, 0.05) is 54.7 Å². The van der Waals surface area contributed by atoms with Crippen LogP contribution in [0.3, 0.4) is 0 Å². The van der Waals surface area contributed by atoms with Gasteiger partial charge in [-0.05, 0) is 53.8 Å². The number of aromatic nitrogens is 3. The second-order valence-corrected chi connectivity index (χ2v) is 10.2. The summed E-state index contributed by atoms with van der Waals surface area (Å²) in [7, 11) is 0. The van der Waals surface area contributed by atoms with E-state index in [0.29, 0.717) is 17.2 Å². The molecule has 4 aromatic rings. The molecule has 4 heterocycles. The highest BCUT2D eigenvalue weighted by atomic mass is 16.5. The molecule has 2 aromatic carbocycles. The number of anilines is 1. The Bertz CT molecular complexity index is 1590. The molecule has 0 aliphatic carbocycles. The predicted octanol–water partition coefficient (Wildman–Crippen LogP) is 5.47. The van der Waals surface area contributed by atoms with Gasteiger partial charge < -0.3 is 14.6 Å². The van der Waals surface area contributed by atoms with Crippen LogP contribution in [-0.4, -0.2) is 37.8 Å². The maximum Gasteiger partial charge on any atom is 0.321 e. The van der Waals surface area contributed by atoms with Crippen molar-refractivity contribution in [1.29, 1.82) is 0 Å². The van der Waals surface area contributed by atoms with Gasteiger partial charge in [0.05, 0.1) is 17.6 Å². The van der Waals surface area contributed by atoms with Crippen molar-refractivity contribution in [1.82, 2.24) is 19.4 Å². The Labute approximate surface area is 221 Å². The van der Waals surface area contributed by atoms with E-state index in [2.05, 4.69) is 46.0 Å². The standard InChI is InChI=1S/C30H29N5O3/c1-18(2)11-14-34-16-22-26(20-7-4-8-21(15-20)38-30-31-12-6-13-32-30)28-24(17-35(19(3)36)29(28)37)33-23-9-5-10-25(34)27(22)23/h4-10,12-13,15-16,18,26,33H,11,14,17H2,1-3H3/t26-/m0/s1. The number of hydrogen-bond donors (Lipinski definition) is 1. The lowest BCUT2D eigenvalue weighted by Gasteiger charge is -2.20. The van der Waals surface area contributed by atoms with Crippen molar-refractivity contribution in [2.75, 3.05) is 11.9 Å². The van der Waals surface area contributed by atoms with Gasteiger partial charge in [0.15, 0.2) is 0 Å². The Kier molecular flexibility index (Phi) is 5.94. The summed E-state index contributed by atoms with van der Waals surface area (Å²) in [5.74, 6) is 0.213. The van der Waals surface area contributed by atoms with E-state index in [-0.39, 0.29) is 30.3 Å². The van der Waals surface area contributed by atoms with Gasteiger partial charge in [-0.2, -0.15) is 0 Å². The molecule has 0 bridgehead atoms. The van der Waals surface area contributed by atoms with E-state index < -0.39 is 0 Å². The molecule has 2 aromatic heterocycles. The Morgan fingerprint density at radius 1 is 1.13 bits per heavy atom. The number of nitrogens with zero attached hydrogens (tertiary/aromatic N) is 4. The van der Waals surface area contributed by atoms with E-state index in [1.54, 1.807) is 18.5 Å². The number of nitrogens with one attached hydrogen (secondary N) is 1. The first-order valence-corrected chi connectivity index (χ1v) is 12.9. The summed E-state index contributed by atoms with van der Waals surface area (Å²) >= 11 is 0. The molecule has 1 atom stereocenters. The molecule has 0 radical (unpaired) electrons. The third-order valence-corrected chi connectivity index (χ3v) is 7.21. The summed E-state index contributed by atoms with van der Waals surface area (Å²) in [4.78, 5) is 35.8. The Morgan fingerprint density at radius 3 is 2.68 bits per heavy atom. The molecule has 2 aliphatic heterocycles. The van der Waals surface area contributed by atoms with Crippen molar-refractivity contribution < 1.29 is 14.3 Å². The van der Waals surface area contributed by atoms with Crippen molar-refractivity contribution >= 4 is 28.4 Å². The first-order chi connectivity index (χ1) is 18.4. The third kappa shape index (κ3) is 4.12. The Hall–Kier alpha value is -4.46. The third-order valence-electron chi connectivity index (χ3n) is 7.21. The molecule has 192 valence electrons. The van der Waals surface area contributed by atoms with E-state index in [1.165, 1.54) is 11.8 Å². The van der Waals surface area contributed by atoms with Gasteiger partial charge >= 0.3 is 6.01 Å². The van der Waals surface area contributed by atoms with E-state index >= 15 is 0 Å². The normalized spacial score (nSPS) is 16.6. The van der Waals surface area contributed by atoms with Gasteiger partial charge in [0.1, 0.15) is 5.75 Å². The quantitative estimate of drug-likeness (QED) is 0.372. The maximum absolute atomic E-state index is 13.7. The molecule has 0 unspecified atom stereocenters. The lowest BCUT2D eigenvalue weighted by Crippen LogP contribution is -2.33. The molecule has 8 heteroatoms. The fraction of sp³-hybridized carbons (Fsp3) is 0.267. The minimum Gasteiger partial charge on any atom is -0.424 e. The van der Waals surface area contributed by atoms with E-state index in [0.717, 1.165) is 46.4 Å². The Morgan fingerprint density at radius 2 is 1.92 bits per heavy atom. The van der Waals surface area contributed by atoms with Crippen LogP contribution >= 0.6 is 0 Å². The lowest BCUT2D eigenvalue weighted by atomic mass is 9.84. The van der Waals surface area contributed by atoms with Crippen molar-refractivity contribution in [3.63, 3.8) is 0 Å². The highest BCUT2D eigenvalue weighted by molar-refractivity contribution is 6.11. The average Bonchev–Trinajstić information content (AvgIpc) is 3.38. The number of imide groups is 1. The van der Waals surface area contributed by atoms with Crippen LogP contribution in [0.25, 0.3) is 10.9 Å². The van der Waals surface area contributed by atoms with Gasteiger partial charge in [0.2, 0.25) is 5.91 Å². The maximum atomic E-state index is 13.7. The van der Waals surface area contributed by atoms with Gasteiger partial charge in [0.25, 0.3) is 5.91 Å². The lowest BCUT2D eigenvalue weighted by molar-refractivity contribution is -0.139. The molecule has 6 rings (SSSR count). The van der Waals surface area contributed by atoms with Crippen LogP contribution in [0.15, 0.2) is 78.4 Å². The van der Waals surface area contributed by atoms with Crippen LogP contribution in [0, 0.1) is 5.92 Å². The summed E-state index contributed by atoms with van der Waals surface area (Å²) in [6.07, 6.45) is 6.47. The minimum atomic E-state index is -0.388.